The number of aromatic nitrogens is 3. The number of nitrogens with zero attached hydrogens (tertiary/aromatic N) is 4. The molecule has 1 aliphatic heterocycles. The molecule has 0 radical (unpaired) electrons. The Labute approximate surface area is 152 Å². The first-order valence-electron chi connectivity index (χ1n) is 8.04. The number of carbonyl (C=O) groups excluding carboxylic acids is 1. The van der Waals surface area contributed by atoms with Gasteiger partial charge in [0, 0.05) is 24.4 Å². The molecule has 4 rings (SSSR count). The Morgan fingerprint density at radius 3 is 2.84 bits per heavy atom. The average molecular weight is 375 g/mol. The van der Waals surface area contributed by atoms with Gasteiger partial charge in [-0.1, -0.05) is 11.2 Å². The molecule has 25 heavy (non-hydrogen) atoms. The smallest absolute Gasteiger partial charge is 0.230 e. The van der Waals surface area contributed by atoms with E-state index in [1.807, 2.05) is 27.8 Å². The minimum atomic E-state index is 0.0913. The minimum Gasteiger partial charge on any atom is -0.375 e. The van der Waals surface area contributed by atoms with Crippen molar-refractivity contribution in [3.63, 3.8) is 0 Å². The number of hydrogen-bond donors (Lipinski definition) is 1. The van der Waals surface area contributed by atoms with Gasteiger partial charge in [0.2, 0.25) is 17.6 Å². The van der Waals surface area contributed by atoms with Crippen molar-refractivity contribution in [2.75, 3.05) is 18.8 Å². The summed E-state index contributed by atoms with van der Waals surface area (Å²) in [6, 6.07) is 3.95. The second-order valence-corrected chi connectivity index (χ2v) is 7.78. The van der Waals surface area contributed by atoms with Crippen LogP contribution in [-0.4, -0.2) is 39.0 Å². The Hall–Kier alpha value is -2.26. The SMILES string of the molecule is Nc1nc(CC(=O)N2CCC(c3nc(-c4cccs4)no3)CC2)cs1. The second kappa shape index (κ2) is 6.93. The van der Waals surface area contributed by atoms with Gasteiger partial charge in [-0.3, -0.25) is 4.79 Å². The fourth-order valence-corrected chi connectivity index (χ4v) is 4.17. The lowest BCUT2D eigenvalue weighted by atomic mass is 9.96. The summed E-state index contributed by atoms with van der Waals surface area (Å²) in [7, 11) is 0. The number of anilines is 1. The molecule has 1 saturated heterocycles. The normalized spacial score (nSPS) is 15.6. The van der Waals surface area contributed by atoms with Gasteiger partial charge in [-0.25, -0.2) is 4.98 Å². The third-order valence-corrected chi connectivity index (χ3v) is 5.87. The zero-order chi connectivity index (χ0) is 17.2. The summed E-state index contributed by atoms with van der Waals surface area (Å²) >= 11 is 2.95. The number of hydrogen-bond acceptors (Lipinski definition) is 8. The van der Waals surface area contributed by atoms with Crippen LogP contribution in [0.1, 0.15) is 30.3 Å². The Morgan fingerprint density at radius 1 is 1.32 bits per heavy atom. The van der Waals surface area contributed by atoms with Crippen molar-refractivity contribution in [3.05, 3.63) is 34.5 Å². The molecular formula is C16H17N5O2S2. The van der Waals surface area contributed by atoms with Crippen molar-refractivity contribution in [3.8, 4) is 10.7 Å². The summed E-state index contributed by atoms with van der Waals surface area (Å²) < 4.78 is 5.44. The summed E-state index contributed by atoms with van der Waals surface area (Å²) in [5.74, 6) is 1.61. The Bertz CT molecular complexity index is 850. The topological polar surface area (TPSA) is 98.1 Å². The molecule has 1 aliphatic rings. The Kier molecular flexibility index (Phi) is 4.50. The third kappa shape index (κ3) is 3.57. The van der Waals surface area contributed by atoms with Crippen molar-refractivity contribution in [1.82, 2.24) is 20.0 Å². The fourth-order valence-electron chi connectivity index (χ4n) is 2.95. The van der Waals surface area contributed by atoms with Crippen LogP contribution in [0.25, 0.3) is 10.7 Å². The largest absolute Gasteiger partial charge is 0.375 e. The van der Waals surface area contributed by atoms with Gasteiger partial charge in [-0.2, -0.15) is 4.98 Å². The summed E-state index contributed by atoms with van der Waals surface area (Å²) in [6.45, 7) is 1.39. The highest BCUT2D eigenvalue weighted by molar-refractivity contribution is 7.13. The summed E-state index contributed by atoms with van der Waals surface area (Å²) in [5.41, 5.74) is 6.36. The van der Waals surface area contributed by atoms with Gasteiger partial charge in [-0.05, 0) is 24.3 Å². The van der Waals surface area contributed by atoms with Crippen LogP contribution in [0.4, 0.5) is 5.13 Å². The fraction of sp³-hybridized carbons (Fsp3) is 0.375. The van der Waals surface area contributed by atoms with Crippen LogP contribution in [-0.2, 0) is 11.2 Å². The van der Waals surface area contributed by atoms with E-state index in [0.717, 1.165) is 23.4 Å². The number of nitrogen functional groups attached to an aromatic ring is 1. The number of piperidine rings is 1. The molecule has 9 heteroatoms. The van der Waals surface area contributed by atoms with Crippen molar-refractivity contribution < 1.29 is 9.32 Å². The van der Waals surface area contributed by atoms with Crippen LogP contribution >= 0.6 is 22.7 Å². The summed E-state index contributed by atoms with van der Waals surface area (Å²) in [5, 5.41) is 8.40. The van der Waals surface area contributed by atoms with Gasteiger partial charge in [0.25, 0.3) is 0 Å². The van der Waals surface area contributed by atoms with Gasteiger partial charge in [0.05, 0.1) is 17.0 Å². The zero-order valence-electron chi connectivity index (χ0n) is 13.4. The van der Waals surface area contributed by atoms with E-state index in [1.165, 1.54) is 11.3 Å². The molecule has 0 aromatic carbocycles. The van der Waals surface area contributed by atoms with Gasteiger partial charge < -0.3 is 15.2 Å². The molecule has 7 nitrogen and oxygen atoms in total. The van der Waals surface area contributed by atoms with Crippen LogP contribution in [0.2, 0.25) is 0 Å². The van der Waals surface area contributed by atoms with E-state index in [1.54, 1.807) is 11.3 Å². The number of nitrogens with two attached hydrogens (primary N) is 1. The number of thiophene rings is 1. The maximum atomic E-state index is 12.4. The molecule has 0 bridgehead atoms. The van der Waals surface area contributed by atoms with Crippen LogP contribution in [0.15, 0.2) is 27.4 Å². The molecule has 0 atom stereocenters. The predicted octanol–water partition coefficient (Wildman–Crippen LogP) is 2.79. The van der Waals surface area contributed by atoms with Crippen LogP contribution < -0.4 is 5.73 Å². The maximum absolute atomic E-state index is 12.4. The Morgan fingerprint density at radius 2 is 2.16 bits per heavy atom. The molecule has 2 N–H and O–H groups in total. The first-order chi connectivity index (χ1) is 12.2. The van der Waals surface area contributed by atoms with Crippen molar-refractivity contribution in [2.24, 2.45) is 0 Å². The molecule has 3 aromatic heterocycles. The molecule has 130 valence electrons. The highest BCUT2D eigenvalue weighted by atomic mass is 32.1. The molecule has 4 heterocycles. The molecule has 1 amide bonds. The van der Waals surface area contributed by atoms with Crippen LogP contribution in [0.5, 0.6) is 0 Å². The molecular weight excluding hydrogens is 358 g/mol. The number of thiazole rings is 1. The van der Waals surface area contributed by atoms with E-state index in [-0.39, 0.29) is 11.8 Å². The lowest BCUT2D eigenvalue weighted by Crippen LogP contribution is -2.38. The molecule has 0 spiro atoms. The highest BCUT2D eigenvalue weighted by Gasteiger charge is 2.28. The highest BCUT2D eigenvalue weighted by Crippen LogP contribution is 2.30. The number of likely N-dealkylation sites (tertiary alicyclic amines) is 1. The van der Waals surface area contributed by atoms with Gasteiger partial charge in [0.15, 0.2) is 5.13 Å². The maximum Gasteiger partial charge on any atom is 0.230 e. The van der Waals surface area contributed by atoms with E-state index in [4.69, 9.17) is 10.3 Å². The standard InChI is InChI=1S/C16H17N5O2S2/c17-16-18-11(9-25-16)8-13(22)21-5-3-10(4-6-21)15-19-14(20-23-15)12-2-1-7-24-12/h1-2,7,9-10H,3-6,8H2,(H2,17,18). The van der Waals surface area contributed by atoms with E-state index >= 15 is 0 Å². The van der Waals surface area contributed by atoms with E-state index in [0.29, 0.717) is 36.4 Å². The first kappa shape index (κ1) is 16.2. The van der Waals surface area contributed by atoms with Crippen molar-refractivity contribution in [2.45, 2.75) is 25.2 Å². The second-order valence-electron chi connectivity index (χ2n) is 5.94. The van der Waals surface area contributed by atoms with Gasteiger partial charge >= 0.3 is 0 Å². The first-order valence-corrected chi connectivity index (χ1v) is 9.80. The number of amides is 1. The molecule has 0 unspecified atom stereocenters. The molecule has 1 fully saturated rings. The Balaban J connectivity index is 1.34. The summed E-state index contributed by atoms with van der Waals surface area (Å²) in [4.78, 5) is 23.9. The third-order valence-electron chi connectivity index (χ3n) is 4.28. The lowest BCUT2D eigenvalue weighted by Gasteiger charge is -2.30. The van der Waals surface area contributed by atoms with E-state index < -0.39 is 0 Å². The van der Waals surface area contributed by atoms with E-state index in [9.17, 15) is 4.79 Å². The quantitative estimate of drug-likeness (QED) is 0.753. The molecule has 0 saturated carbocycles. The van der Waals surface area contributed by atoms with Crippen molar-refractivity contribution >= 4 is 33.7 Å². The average Bonchev–Trinajstić information content (AvgIpc) is 3.36. The van der Waals surface area contributed by atoms with Crippen LogP contribution in [0, 0.1) is 0 Å². The van der Waals surface area contributed by atoms with E-state index in [2.05, 4.69) is 15.1 Å². The lowest BCUT2D eigenvalue weighted by molar-refractivity contribution is -0.131. The van der Waals surface area contributed by atoms with Crippen LogP contribution in [0.3, 0.4) is 0 Å². The van der Waals surface area contributed by atoms with Crippen molar-refractivity contribution in [1.29, 1.82) is 0 Å². The van der Waals surface area contributed by atoms with Gasteiger partial charge in [-0.15, -0.1) is 22.7 Å². The number of rotatable bonds is 4. The molecule has 0 aliphatic carbocycles. The molecule has 3 aromatic rings. The monoisotopic (exact) mass is 375 g/mol. The minimum absolute atomic E-state index is 0.0913. The summed E-state index contributed by atoms with van der Waals surface area (Å²) in [6.07, 6.45) is 1.97. The number of carbonyl (C=O) groups is 1. The van der Waals surface area contributed by atoms with Gasteiger partial charge in [0.1, 0.15) is 0 Å². The zero-order valence-corrected chi connectivity index (χ0v) is 15.1. The predicted molar refractivity (Wildman–Crippen MR) is 96.4 cm³/mol.